The molecular weight excluding hydrogens is 198 g/mol. The summed E-state index contributed by atoms with van der Waals surface area (Å²) < 4.78 is 33.5. The number of oxazole rings is 1. The molecule has 1 heterocycles. The maximum absolute atomic E-state index is 12.3. The molecule has 0 aliphatic rings. The largest absolute Gasteiger partial charge is 0.460 e. The van der Waals surface area contributed by atoms with Gasteiger partial charge in [-0.1, -0.05) is 0 Å². The lowest BCUT2D eigenvalue weighted by molar-refractivity contribution is 0.0477. The Kier molecular flexibility index (Phi) is 3.00. The van der Waals surface area contributed by atoms with Crippen LogP contribution >= 0.6 is 0 Å². The summed E-state index contributed by atoms with van der Waals surface area (Å²) >= 11 is 0. The summed E-state index contributed by atoms with van der Waals surface area (Å²) in [5.41, 5.74) is 4.24. The molecule has 0 aliphatic heterocycles. The van der Waals surface area contributed by atoms with Gasteiger partial charge in [0.1, 0.15) is 0 Å². The molecule has 0 radical (unpaired) electrons. The van der Waals surface area contributed by atoms with E-state index in [-0.39, 0.29) is 6.61 Å². The van der Waals surface area contributed by atoms with Gasteiger partial charge in [-0.3, -0.25) is 0 Å². The zero-order valence-electron chi connectivity index (χ0n) is 7.29. The van der Waals surface area contributed by atoms with E-state index >= 15 is 0 Å². The predicted octanol–water partition coefficient (Wildman–Crippen LogP) is 1.37. The molecule has 2 N–H and O–H groups in total. The van der Waals surface area contributed by atoms with Crippen molar-refractivity contribution in [3.05, 3.63) is 11.5 Å². The number of ether oxygens (including phenoxy) is 1. The molecule has 0 amide bonds. The van der Waals surface area contributed by atoms with Crippen LogP contribution in [0.2, 0.25) is 0 Å². The third kappa shape index (κ3) is 1.98. The van der Waals surface area contributed by atoms with Crippen molar-refractivity contribution >= 4 is 12.0 Å². The summed E-state index contributed by atoms with van der Waals surface area (Å²) in [7, 11) is 0. The van der Waals surface area contributed by atoms with E-state index in [1.165, 1.54) is 0 Å². The first-order chi connectivity index (χ1) is 6.56. The number of hydrogen-bond donors (Lipinski definition) is 1. The van der Waals surface area contributed by atoms with E-state index in [0.717, 1.165) is 0 Å². The molecule has 0 saturated carbocycles. The Morgan fingerprint density at radius 3 is 2.86 bits per heavy atom. The summed E-state index contributed by atoms with van der Waals surface area (Å²) in [5, 5.41) is 0. The fourth-order valence-corrected chi connectivity index (χ4v) is 0.840. The fraction of sp³-hybridized carbons (Fsp3) is 0.429. The van der Waals surface area contributed by atoms with Gasteiger partial charge < -0.3 is 14.9 Å². The van der Waals surface area contributed by atoms with Crippen LogP contribution < -0.4 is 5.73 Å². The lowest BCUT2D eigenvalue weighted by Crippen LogP contribution is -2.06. The highest BCUT2D eigenvalue weighted by atomic mass is 19.3. The Morgan fingerprint density at radius 1 is 1.71 bits per heavy atom. The number of carbonyl (C=O) groups is 1. The molecule has 0 spiro atoms. The lowest BCUT2D eigenvalue weighted by atomic mass is 10.3. The maximum atomic E-state index is 12.3. The molecule has 14 heavy (non-hydrogen) atoms. The molecule has 0 saturated heterocycles. The van der Waals surface area contributed by atoms with E-state index in [1.807, 2.05) is 0 Å². The zero-order valence-corrected chi connectivity index (χ0v) is 7.29. The lowest BCUT2D eigenvalue weighted by Gasteiger charge is -1.98. The van der Waals surface area contributed by atoms with Gasteiger partial charge in [-0.05, 0) is 6.92 Å². The highest BCUT2D eigenvalue weighted by Crippen LogP contribution is 2.24. The number of aromatic nitrogens is 1. The predicted molar refractivity (Wildman–Crippen MR) is 41.8 cm³/mol. The van der Waals surface area contributed by atoms with Gasteiger partial charge in [0, 0.05) is 0 Å². The van der Waals surface area contributed by atoms with Gasteiger partial charge in [0.25, 0.3) is 12.4 Å². The van der Waals surface area contributed by atoms with Crippen LogP contribution in [0.15, 0.2) is 4.42 Å². The number of rotatable bonds is 3. The van der Waals surface area contributed by atoms with Gasteiger partial charge in [-0.2, -0.15) is 4.98 Å². The van der Waals surface area contributed by atoms with Crippen LogP contribution in [0.1, 0.15) is 29.6 Å². The number of halogens is 2. The van der Waals surface area contributed by atoms with Crippen LogP contribution in [0.4, 0.5) is 14.8 Å². The summed E-state index contributed by atoms with van der Waals surface area (Å²) in [5.74, 6) is -1.63. The number of nitrogen functional groups attached to an aromatic ring is 1. The average Bonchev–Trinajstić information content (AvgIpc) is 2.48. The van der Waals surface area contributed by atoms with Crippen molar-refractivity contribution < 1.29 is 22.7 Å². The van der Waals surface area contributed by atoms with Crippen LogP contribution in [0, 0.1) is 0 Å². The topological polar surface area (TPSA) is 78.3 Å². The van der Waals surface area contributed by atoms with Gasteiger partial charge in [0.15, 0.2) is 5.69 Å². The third-order valence-electron chi connectivity index (χ3n) is 1.34. The van der Waals surface area contributed by atoms with E-state index in [4.69, 9.17) is 5.73 Å². The number of alkyl halides is 2. The average molecular weight is 206 g/mol. The van der Waals surface area contributed by atoms with E-state index in [0.29, 0.717) is 0 Å². The first-order valence-corrected chi connectivity index (χ1v) is 3.77. The molecule has 78 valence electrons. The highest BCUT2D eigenvalue weighted by molar-refractivity contribution is 5.87. The van der Waals surface area contributed by atoms with Crippen LogP contribution in [0.3, 0.4) is 0 Å². The zero-order chi connectivity index (χ0) is 10.7. The Balaban J connectivity index is 3.00. The van der Waals surface area contributed by atoms with Gasteiger partial charge in [-0.15, -0.1) is 0 Å². The van der Waals surface area contributed by atoms with Gasteiger partial charge in [0.05, 0.1) is 6.61 Å². The van der Waals surface area contributed by atoms with Crippen LogP contribution in [-0.2, 0) is 4.74 Å². The molecule has 7 heteroatoms. The van der Waals surface area contributed by atoms with Crippen molar-refractivity contribution in [3.8, 4) is 0 Å². The molecule has 0 aromatic carbocycles. The van der Waals surface area contributed by atoms with Crippen molar-refractivity contribution in [1.29, 1.82) is 0 Å². The minimum atomic E-state index is -2.92. The normalized spacial score (nSPS) is 10.6. The van der Waals surface area contributed by atoms with Crippen molar-refractivity contribution in [1.82, 2.24) is 4.98 Å². The molecule has 5 nitrogen and oxygen atoms in total. The van der Waals surface area contributed by atoms with E-state index in [2.05, 4.69) is 14.1 Å². The molecule has 0 unspecified atom stereocenters. The Bertz CT molecular complexity index is 338. The maximum Gasteiger partial charge on any atom is 0.376 e. The molecule has 0 aliphatic carbocycles. The molecular formula is C7H8F2N2O3. The monoisotopic (exact) mass is 206 g/mol. The van der Waals surface area contributed by atoms with E-state index < -0.39 is 29.9 Å². The standard InChI is InChI=1S/C7H8F2N2O3/c1-2-13-6(12)4-3(5(8)9)11-7(10)14-4/h5H,2H2,1H3,(H2,10,11). The van der Waals surface area contributed by atoms with E-state index in [9.17, 15) is 13.6 Å². The first kappa shape index (κ1) is 10.4. The van der Waals surface area contributed by atoms with Crippen LogP contribution in [0.5, 0.6) is 0 Å². The van der Waals surface area contributed by atoms with Gasteiger partial charge >= 0.3 is 5.97 Å². The summed E-state index contributed by atoms with van der Waals surface area (Å²) in [4.78, 5) is 14.2. The number of nitrogens with zero attached hydrogens (tertiary/aromatic N) is 1. The van der Waals surface area contributed by atoms with E-state index in [1.54, 1.807) is 6.92 Å². The van der Waals surface area contributed by atoms with Crippen LogP contribution in [0.25, 0.3) is 0 Å². The molecule has 0 bridgehead atoms. The SMILES string of the molecule is CCOC(=O)c1oc(N)nc1C(F)F. The number of esters is 1. The van der Waals surface area contributed by atoms with Crippen molar-refractivity contribution in [3.63, 3.8) is 0 Å². The second kappa shape index (κ2) is 4.03. The summed E-state index contributed by atoms with van der Waals surface area (Å²) in [6.45, 7) is 1.60. The quantitative estimate of drug-likeness (QED) is 0.755. The molecule has 1 rings (SSSR count). The fourth-order valence-electron chi connectivity index (χ4n) is 0.840. The van der Waals surface area contributed by atoms with Crippen molar-refractivity contribution in [2.24, 2.45) is 0 Å². The Labute approximate surface area is 77.9 Å². The van der Waals surface area contributed by atoms with Crippen LogP contribution in [-0.4, -0.2) is 17.6 Å². The molecule has 1 aromatic heterocycles. The number of carbonyl (C=O) groups excluding carboxylic acids is 1. The molecule has 0 fully saturated rings. The minimum Gasteiger partial charge on any atom is -0.460 e. The number of anilines is 1. The first-order valence-electron chi connectivity index (χ1n) is 3.77. The second-order valence-electron chi connectivity index (χ2n) is 2.29. The third-order valence-corrected chi connectivity index (χ3v) is 1.34. The van der Waals surface area contributed by atoms with Gasteiger partial charge in [-0.25, -0.2) is 13.6 Å². The Hall–Kier alpha value is -1.66. The summed E-state index contributed by atoms with van der Waals surface area (Å²) in [6, 6.07) is -0.483. The molecule has 0 atom stereocenters. The molecule has 1 aromatic rings. The number of nitrogens with two attached hydrogens (primary N) is 1. The van der Waals surface area contributed by atoms with Gasteiger partial charge in [0.2, 0.25) is 5.76 Å². The van der Waals surface area contributed by atoms with Crippen molar-refractivity contribution in [2.75, 3.05) is 12.3 Å². The number of hydrogen-bond acceptors (Lipinski definition) is 5. The minimum absolute atomic E-state index is 0.0577. The summed E-state index contributed by atoms with van der Waals surface area (Å²) in [6.07, 6.45) is -2.92. The second-order valence-corrected chi connectivity index (χ2v) is 2.29. The Morgan fingerprint density at radius 2 is 2.36 bits per heavy atom. The smallest absolute Gasteiger partial charge is 0.376 e. The van der Waals surface area contributed by atoms with Crippen molar-refractivity contribution in [2.45, 2.75) is 13.3 Å². The highest BCUT2D eigenvalue weighted by Gasteiger charge is 2.26.